The zero-order valence-electron chi connectivity index (χ0n) is 8.11. The summed E-state index contributed by atoms with van der Waals surface area (Å²) in [4.78, 5) is 10.9. The van der Waals surface area contributed by atoms with Crippen molar-refractivity contribution in [3.8, 4) is 0 Å². The first-order valence-electron chi connectivity index (χ1n) is 4.90. The average Bonchev–Trinajstić information content (AvgIpc) is 2.65. The number of rotatable bonds is 2. The van der Waals surface area contributed by atoms with Crippen LogP contribution in [0.25, 0.3) is 0 Å². The van der Waals surface area contributed by atoms with E-state index in [0.29, 0.717) is 18.5 Å². The minimum Gasteiger partial charge on any atom is -0.481 e. The molecule has 3 nitrogen and oxygen atoms in total. The Hall–Kier alpha value is -1.42. The molecule has 1 heterocycles. The molecule has 0 radical (unpaired) electrons. The van der Waals surface area contributed by atoms with Gasteiger partial charge in [0, 0.05) is 6.04 Å². The molecule has 1 aliphatic rings. The third-order valence-corrected chi connectivity index (χ3v) is 2.75. The van der Waals surface area contributed by atoms with Gasteiger partial charge in [-0.3, -0.25) is 4.79 Å². The molecule has 0 amide bonds. The SMILES string of the molecule is O=C(O)[C@@H]1CCN[C@H]1c1cccc(F)c1. The molecule has 15 heavy (non-hydrogen) atoms. The Morgan fingerprint density at radius 3 is 3.00 bits per heavy atom. The number of hydrogen-bond donors (Lipinski definition) is 2. The molecule has 1 fully saturated rings. The molecule has 80 valence electrons. The summed E-state index contributed by atoms with van der Waals surface area (Å²) in [6, 6.07) is 5.83. The molecule has 0 unspecified atom stereocenters. The van der Waals surface area contributed by atoms with E-state index in [2.05, 4.69) is 5.32 Å². The largest absolute Gasteiger partial charge is 0.481 e. The first-order valence-corrected chi connectivity index (χ1v) is 4.90. The van der Waals surface area contributed by atoms with Gasteiger partial charge >= 0.3 is 5.97 Å². The minimum absolute atomic E-state index is 0.266. The van der Waals surface area contributed by atoms with Crippen molar-refractivity contribution in [1.82, 2.24) is 5.32 Å². The van der Waals surface area contributed by atoms with E-state index >= 15 is 0 Å². The third-order valence-electron chi connectivity index (χ3n) is 2.75. The van der Waals surface area contributed by atoms with Crippen LogP contribution >= 0.6 is 0 Å². The molecule has 0 aliphatic carbocycles. The molecule has 4 heteroatoms. The van der Waals surface area contributed by atoms with Crippen molar-refractivity contribution in [3.63, 3.8) is 0 Å². The van der Waals surface area contributed by atoms with Gasteiger partial charge < -0.3 is 10.4 Å². The Morgan fingerprint density at radius 1 is 1.53 bits per heavy atom. The van der Waals surface area contributed by atoms with Crippen LogP contribution in [0.3, 0.4) is 0 Å². The van der Waals surface area contributed by atoms with Crippen LogP contribution in [-0.2, 0) is 4.79 Å². The van der Waals surface area contributed by atoms with E-state index in [4.69, 9.17) is 5.11 Å². The minimum atomic E-state index is -0.825. The van der Waals surface area contributed by atoms with Gasteiger partial charge in [-0.2, -0.15) is 0 Å². The summed E-state index contributed by atoms with van der Waals surface area (Å²) in [5.74, 6) is -1.61. The van der Waals surface area contributed by atoms with E-state index < -0.39 is 11.9 Å². The van der Waals surface area contributed by atoms with E-state index in [1.54, 1.807) is 12.1 Å². The monoisotopic (exact) mass is 209 g/mol. The lowest BCUT2D eigenvalue weighted by Gasteiger charge is -2.16. The predicted molar refractivity (Wildman–Crippen MR) is 52.9 cm³/mol. The van der Waals surface area contributed by atoms with Gasteiger partial charge in [0.15, 0.2) is 0 Å². The van der Waals surface area contributed by atoms with E-state index in [1.807, 2.05) is 0 Å². The van der Waals surface area contributed by atoms with Gasteiger partial charge in [0.25, 0.3) is 0 Å². The Kier molecular flexibility index (Phi) is 2.68. The first-order chi connectivity index (χ1) is 7.18. The van der Waals surface area contributed by atoms with E-state index in [-0.39, 0.29) is 11.9 Å². The summed E-state index contributed by atoms with van der Waals surface area (Å²) >= 11 is 0. The lowest BCUT2D eigenvalue weighted by Crippen LogP contribution is -2.23. The van der Waals surface area contributed by atoms with Crippen molar-refractivity contribution in [1.29, 1.82) is 0 Å². The second kappa shape index (κ2) is 3.98. The van der Waals surface area contributed by atoms with Gasteiger partial charge in [-0.25, -0.2) is 4.39 Å². The Bertz CT molecular complexity index is 381. The fourth-order valence-corrected chi connectivity index (χ4v) is 2.02. The van der Waals surface area contributed by atoms with E-state index in [1.165, 1.54) is 12.1 Å². The zero-order valence-corrected chi connectivity index (χ0v) is 8.11. The summed E-state index contributed by atoms with van der Waals surface area (Å²) in [7, 11) is 0. The number of carboxylic acids is 1. The number of nitrogens with one attached hydrogen (secondary N) is 1. The molecule has 1 aromatic carbocycles. The summed E-state index contributed by atoms with van der Waals surface area (Å²) in [6.07, 6.45) is 0.594. The van der Waals surface area contributed by atoms with Crippen LogP contribution in [0, 0.1) is 11.7 Å². The van der Waals surface area contributed by atoms with Gasteiger partial charge in [-0.05, 0) is 30.7 Å². The standard InChI is InChI=1S/C11H12FNO2/c12-8-3-1-2-7(6-8)10-9(11(14)15)4-5-13-10/h1-3,6,9-10,13H,4-5H2,(H,14,15)/t9-,10+/m1/s1. The summed E-state index contributed by atoms with van der Waals surface area (Å²) < 4.78 is 13.0. The topological polar surface area (TPSA) is 49.3 Å². The molecule has 0 aromatic heterocycles. The van der Waals surface area contributed by atoms with Crippen LogP contribution < -0.4 is 5.32 Å². The highest BCUT2D eigenvalue weighted by molar-refractivity contribution is 5.71. The maximum absolute atomic E-state index is 13.0. The molecule has 0 bridgehead atoms. The van der Waals surface area contributed by atoms with Crippen molar-refractivity contribution in [2.24, 2.45) is 5.92 Å². The van der Waals surface area contributed by atoms with Gasteiger partial charge in [0.2, 0.25) is 0 Å². The molecule has 1 aromatic rings. The number of aliphatic carboxylic acids is 1. The third kappa shape index (κ3) is 1.99. The molecule has 2 atom stereocenters. The highest BCUT2D eigenvalue weighted by Crippen LogP contribution is 2.29. The summed E-state index contributed by atoms with van der Waals surface area (Å²) in [5.41, 5.74) is 0.708. The maximum atomic E-state index is 13.0. The van der Waals surface area contributed by atoms with Crippen LogP contribution in [-0.4, -0.2) is 17.6 Å². The molecule has 2 rings (SSSR count). The lowest BCUT2D eigenvalue weighted by molar-refractivity contribution is -0.142. The molecule has 1 saturated heterocycles. The van der Waals surface area contributed by atoms with Crippen LogP contribution in [0.4, 0.5) is 4.39 Å². The fourth-order valence-electron chi connectivity index (χ4n) is 2.02. The predicted octanol–water partition coefficient (Wildman–Crippen LogP) is 1.56. The molecular weight excluding hydrogens is 197 g/mol. The molecule has 0 saturated carbocycles. The van der Waals surface area contributed by atoms with Crippen molar-refractivity contribution in [2.45, 2.75) is 12.5 Å². The van der Waals surface area contributed by atoms with Crippen LogP contribution in [0.15, 0.2) is 24.3 Å². The molecule has 0 spiro atoms. The molecular formula is C11H12FNO2. The lowest BCUT2D eigenvalue weighted by atomic mass is 9.94. The first kappa shape index (κ1) is 10.1. The van der Waals surface area contributed by atoms with E-state index in [0.717, 1.165) is 0 Å². The second-order valence-corrected chi connectivity index (χ2v) is 3.72. The van der Waals surface area contributed by atoms with Crippen LogP contribution in [0.1, 0.15) is 18.0 Å². The number of carboxylic acid groups (broad SMARTS) is 1. The van der Waals surface area contributed by atoms with Crippen LogP contribution in [0.5, 0.6) is 0 Å². The summed E-state index contributed by atoms with van der Waals surface area (Å²) in [6.45, 7) is 0.665. The van der Waals surface area contributed by atoms with Crippen molar-refractivity contribution < 1.29 is 14.3 Å². The second-order valence-electron chi connectivity index (χ2n) is 3.72. The quantitative estimate of drug-likeness (QED) is 0.777. The Balaban J connectivity index is 2.26. The number of benzene rings is 1. The Labute approximate surface area is 86.9 Å². The average molecular weight is 209 g/mol. The number of hydrogen-bond acceptors (Lipinski definition) is 2. The van der Waals surface area contributed by atoms with Crippen molar-refractivity contribution in [3.05, 3.63) is 35.6 Å². The van der Waals surface area contributed by atoms with Gasteiger partial charge in [-0.1, -0.05) is 12.1 Å². The van der Waals surface area contributed by atoms with E-state index in [9.17, 15) is 9.18 Å². The zero-order chi connectivity index (χ0) is 10.8. The molecule has 2 N–H and O–H groups in total. The van der Waals surface area contributed by atoms with Gasteiger partial charge in [0.1, 0.15) is 5.82 Å². The van der Waals surface area contributed by atoms with Crippen LogP contribution in [0.2, 0.25) is 0 Å². The smallest absolute Gasteiger partial charge is 0.308 e. The molecule has 1 aliphatic heterocycles. The summed E-state index contributed by atoms with van der Waals surface area (Å²) in [5, 5.41) is 12.1. The number of halogens is 1. The van der Waals surface area contributed by atoms with Gasteiger partial charge in [0.05, 0.1) is 5.92 Å². The van der Waals surface area contributed by atoms with Gasteiger partial charge in [-0.15, -0.1) is 0 Å². The van der Waals surface area contributed by atoms with Crippen molar-refractivity contribution in [2.75, 3.05) is 6.54 Å². The number of carbonyl (C=O) groups is 1. The normalized spacial score (nSPS) is 25.4. The highest BCUT2D eigenvalue weighted by atomic mass is 19.1. The highest BCUT2D eigenvalue weighted by Gasteiger charge is 2.33. The maximum Gasteiger partial charge on any atom is 0.308 e. The fraction of sp³-hybridized carbons (Fsp3) is 0.364. The van der Waals surface area contributed by atoms with Crippen molar-refractivity contribution >= 4 is 5.97 Å². The Morgan fingerprint density at radius 2 is 2.33 bits per heavy atom.